The lowest BCUT2D eigenvalue weighted by atomic mass is 9.72. The summed E-state index contributed by atoms with van der Waals surface area (Å²) in [4.78, 5) is 19.2. The van der Waals surface area contributed by atoms with Crippen molar-refractivity contribution in [3.63, 3.8) is 0 Å². The van der Waals surface area contributed by atoms with Crippen LogP contribution >= 0.6 is 0 Å². The fourth-order valence-electron chi connectivity index (χ4n) is 9.32. The van der Waals surface area contributed by atoms with E-state index in [0.717, 1.165) is 38.5 Å². The second-order valence-electron chi connectivity index (χ2n) is 18.4. The molecular weight excluding hydrogens is 761 g/mol. The molecule has 10 nitrogen and oxygen atoms in total. The van der Waals surface area contributed by atoms with Gasteiger partial charge in [0.15, 0.2) is 0 Å². The zero-order chi connectivity index (χ0) is 45.4. The van der Waals surface area contributed by atoms with Crippen LogP contribution in [0, 0.1) is 16.2 Å². The Balaban J connectivity index is 0. The number of hydrogen-bond donors (Lipinski definition) is 8. The molecule has 0 bridgehead atoms. The zero-order valence-corrected chi connectivity index (χ0v) is 38.9. The summed E-state index contributed by atoms with van der Waals surface area (Å²) in [5.74, 6) is -1.87. The fraction of sp³-hybridized carbons (Fsp3) is 0.880. The molecule has 0 radical (unpaired) electrons. The van der Waals surface area contributed by atoms with Gasteiger partial charge in [0.05, 0.1) is 0 Å². The molecule has 0 aromatic rings. The predicted octanol–water partition coefficient (Wildman–Crippen LogP) is 11.1. The molecule has 356 valence electrons. The third kappa shape index (κ3) is 32.8. The summed E-state index contributed by atoms with van der Waals surface area (Å²) in [5.41, 5.74) is 1.06. The summed E-state index contributed by atoms with van der Waals surface area (Å²) < 4.78 is 0. The highest BCUT2D eigenvalue weighted by atomic mass is 16.4. The molecule has 3 aliphatic rings. The van der Waals surface area contributed by atoms with Crippen LogP contribution in [0.3, 0.4) is 0 Å². The van der Waals surface area contributed by atoms with E-state index >= 15 is 0 Å². The average Bonchev–Trinajstić information content (AvgIpc) is 3.21. The minimum Gasteiger partial charge on any atom is -0.478 e. The molecule has 0 heterocycles. The van der Waals surface area contributed by atoms with Crippen LogP contribution in [0.15, 0.2) is 24.3 Å². The van der Waals surface area contributed by atoms with E-state index in [4.69, 9.17) is 10.2 Å². The first-order valence-electron chi connectivity index (χ1n) is 24.2. The number of aliphatic hydroxyl groups is 6. The first-order valence-corrected chi connectivity index (χ1v) is 24.2. The van der Waals surface area contributed by atoms with Gasteiger partial charge in [-0.3, -0.25) is 0 Å². The molecule has 0 unspecified atom stereocenters. The van der Waals surface area contributed by atoms with E-state index in [1.54, 1.807) is 0 Å². The molecule has 0 amide bonds. The lowest BCUT2D eigenvalue weighted by molar-refractivity contribution is -0.133. The van der Waals surface area contributed by atoms with Gasteiger partial charge in [-0.05, 0) is 107 Å². The molecule has 0 aromatic heterocycles. The van der Waals surface area contributed by atoms with Crippen molar-refractivity contribution in [3.05, 3.63) is 24.3 Å². The van der Waals surface area contributed by atoms with Crippen LogP contribution < -0.4 is 0 Å². The Labute approximate surface area is 367 Å². The fourth-order valence-corrected chi connectivity index (χ4v) is 9.32. The van der Waals surface area contributed by atoms with Crippen LogP contribution in [-0.4, -0.2) is 92.4 Å². The van der Waals surface area contributed by atoms with Crippen LogP contribution in [0.4, 0.5) is 0 Å². The maximum absolute atomic E-state index is 9.60. The third-order valence-electron chi connectivity index (χ3n) is 13.3. The van der Waals surface area contributed by atoms with Crippen LogP contribution in [-0.2, 0) is 9.59 Å². The maximum atomic E-state index is 9.60. The highest BCUT2D eigenvalue weighted by Crippen LogP contribution is 2.41. The van der Waals surface area contributed by atoms with E-state index in [0.29, 0.717) is 0 Å². The van der Waals surface area contributed by atoms with Gasteiger partial charge in [-0.25, -0.2) is 9.59 Å². The molecule has 0 atom stereocenters. The van der Waals surface area contributed by atoms with Crippen molar-refractivity contribution in [3.8, 4) is 0 Å². The van der Waals surface area contributed by atoms with Crippen molar-refractivity contribution in [1.29, 1.82) is 0 Å². The summed E-state index contributed by atoms with van der Waals surface area (Å²) in [7, 11) is 0. The number of rotatable bonds is 14. The third-order valence-corrected chi connectivity index (χ3v) is 13.3. The zero-order valence-electron chi connectivity index (χ0n) is 38.9. The number of carboxylic acid groups (broad SMARTS) is 2. The van der Waals surface area contributed by atoms with Gasteiger partial charge >= 0.3 is 11.9 Å². The molecule has 3 rings (SSSR count). The van der Waals surface area contributed by atoms with E-state index in [2.05, 4.69) is 13.2 Å². The molecule has 3 saturated carbocycles. The molecule has 3 fully saturated rings. The number of carboxylic acids is 2. The Kier molecular flexibility index (Phi) is 40.2. The van der Waals surface area contributed by atoms with Crippen molar-refractivity contribution in [2.24, 2.45) is 16.2 Å². The molecule has 0 spiro atoms. The number of carbonyl (C=O) groups is 2. The maximum Gasteiger partial charge on any atom is 0.330 e. The number of aliphatic carboxylic acids is 2. The van der Waals surface area contributed by atoms with E-state index in [9.17, 15) is 40.2 Å². The summed E-state index contributed by atoms with van der Waals surface area (Å²) in [5, 5.41) is 71.1. The monoisotopic (exact) mass is 857 g/mol. The molecule has 0 aromatic carbocycles. The van der Waals surface area contributed by atoms with E-state index in [-0.39, 0.29) is 67.0 Å². The summed E-state index contributed by atoms with van der Waals surface area (Å²) in [6, 6.07) is 0. The van der Waals surface area contributed by atoms with Crippen LogP contribution in [0.2, 0.25) is 0 Å². The molecule has 8 N–H and O–H groups in total. The van der Waals surface area contributed by atoms with Crippen LogP contribution in [0.1, 0.15) is 226 Å². The topological polar surface area (TPSA) is 196 Å². The molecule has 0 aliphatic heterocycles. The summed E-state index contributed by atoms with van der Waals surface area (Å²) in [6.45, 7) is 10.9. The van der Waals surface area contributed by atoms with Gasteiger partial charge in [0.1, 0.15) is 0 Å². The highest BCUT2D eigenvalue weighted by molar-refractivity contribution is 5.85. The van der Waals surface area contributed by atoms with Crippen molar-refractivity contribution in [2.45, 2.75) is 226 Å². The number of hydrogen-bond acceptors (Lipinski definition) is 8. The van der Waals surface area contributed by atoms with E-state index in [1.807, 2.05) is 0 Å². The van der Waals surface area contributed by atoms with Gasteiger partial charge in [0.25, 0.3) is 0 Å². The quantitative estimate of drug-likeness (QED) is 0.0779. The van der Waals surface area contributed by atoms with Crippen molar-refractivity contribution in [2.75, 3.05) is 39.6 Å². The lowest BCUT2D eigenvalue weighted by Crippen LogP contribution is -2.24. The van der Waals surface area contributed by atoms with Crippen LogP contribution in [0.5, 0.6) is 0 Å². The molecule has 0 saturated heterocycles. The van der Waals surface area contributed by atoms with Gasteiger partial charge in [-0.1, -0.05) is 148 Å². The first-order chi connectivity index (χ1) is 28.8. The summed E-state index contributed by atoms with van der Waals surface area (Å²) in [6.07, 6.45) is 40.6. The lowest BCUT2D eigenvalue weighted by Gasteiger charge is -2.34. The SMILES string of the molecule is C=C(C)C(=O)O.C=C(C)C(=O)O.OCCC1(CCO)CCCCCCCCC1.OCCC1(CCO)CCCCCCCCC1.OCCC1(CCO)CCCCCCCCC1. The minimum absolute atomic E-state index is 0.176. The highest BCUT2D eigenvalue weighted by Gasteiger charge is 2.30. The smallest absolute Gasteiger partial charge is 0.330 e. The second kappa shape index (κ2) is 40.0. The van der Waals surface area contributed by atoms with Crippen molar-refractivity contribution >= 4 is 11.9 Å². The van der Waals surface area contributed by atoms with Gasteiger partial charge in [-0.2, -0.15) is 0 Å². The molecular formula is C50H96O10. The second-order valence-corrected chi connectivity index (χ2v) is 18.4. The van der Waals surface area contributed by atoms with Gasteiger partial charge in [-0.15, -0.1) is 0 Å². The minimum atomic E-state index is -0.935. The summed E-state index contributed by atoms with van der Waals surface area (Å²) >= 11 is 0. The van der Waals surface area contributed by atoms with Gasteiger partial charge < -0.3 is 40.9 Å². The van der Waals surface area contributed by atoms with E-state index < -0.39 is 11.9 Å². The Hall–Kier alpha value is -1.82. The Bertz CT molecular complexity index is 852. The van der Waals surface area contributed by atoms with Crippen molar-refractivity contribution < 1.29 is 50.4 Å². The average molecular weight is 857 g/mol. The Morgan fingerprint density at radius 3 is 0.550 bits per heavy atom. The molecule has 3 aliphatic carbocycles. The molecule has 60 heavy (non-hydrogen) atoms. The van der Waals surface area contributed by atoms with Gasteiger partial charge in [0, 0.05) is 50.8 Å². The van der Waals surface area contributed by atoms with Crippen molar-refractivity contribution in [1.82, 2.24) is 0 Å². The normalized spacial score (nSPS) is 19.8. The number of aliphatic hydroxyl groups excluding tert-OH is 6. The Morgan fingerprint density at radius 2 is 0.450 bits per heavy atom. The Morgan fingerprint density at radius 1 is 0.333 bits per heavy atom. The van der Waals surface area contributed by atoms with Gasteiger partial charge in [0.2, 0.25) is 0 Å². The largest absolute Gasteiger partial charge is 0.478 e. The van der Waals surface area contributed by atoms with Crippen LogP contribution in [0.25, 0.3) is 0 Å². The first kappa shape index (κ1) is 60.3. The van der Waals surface area contributed by atoms with E-state index in [1.165, 1.54) is 187 Å². The molecule has 10 heteroatoms. The predicted molar refractivity (Wildman–Crippen MR) is 247 cm³/mol. The standard InChI is InChI=1S/3C14H28O2.2C4H6O2/c3*15-12-10-14(11-13-16)8-6-4-2-1-3-5-7-9-14;2*1-3(2)4(5)6/h3*15-16H,1-13H2;2*1H2,2H3,(H,5,6).